The van der Waals surface area contributed by atoms with Gasteiger partial charge in [0, 0.05) is 5.92 Å². The number of fused-ring (bicyclic) bond motifs is 2. The smallest absolute Gasteiger partial charge is 0.410 e. The van der Waals surface area contributed by atoms with Gasteiger partial charge < -0.3 is 9.47 Å². The summed E-state index contributed by atoms with van der Waals surface area (Å²) in [5.74, 6) is -2.97. The minimum absolute atomic E-state index is 0.221. The van der Waals surface area contributed by atoms with Crippen LogP contribution in [0.3, 0.4) is 0 Å². The van der Waals surface area contributed by atoms with Crippen molar-refractivity contribution < 1.29 is 27.8 Å². The van der Waals surface area contributed by atoms with Gasteiger partial charge in [-0.25, -0.2) is 4.79 Å². The molecular formula is C18H22F2N2O4. The fraction of sp³-hybridized carbons (Fsp3) is 0.611. The summed E-state index contributed by atoms with van der Waals surface area (Å²) < 4.78 is 37.8. The van der Waals surface area contributed by atoms with Crippen molar-refractivity contribution in [3.63, 3.8) is 0 Å². The monoisotopic (exact) mass is 368 g/mol. The van der Waals surface area contributed by atoms with Crippen LogP contribution in [0.2, 0.25) is 0 Å². The van der Waals surface area contributed by atoms with Gasteiger partial charge in [0.15, 0.2) is 5.78 Å². The molecule has 3 heterocycles. The highest BCUT2D eigenvalue weighted by atomic mass is 19.1. The summed E-state index contributed by atoms with van der Waals surface area (Å²) in [6, 6.07) is 1.45. The second-order valence-corrected chi connectivity index (χ2v) is 7.74. The lowest BCUT2D eigenvalue weighted by Gasteiger charge is -2.47. The van der Waals surface area contributed by atoms with Gasteiger partial charge in [0.25, 0.3) is 0 Å². The third-order valence-electron chi connectivity index (χ3n) is 4.58. The first-order valence-electron chi connectivity index (χ1n) is 8.61. The van der Waals surface area contributed by atoms with E-state index in [0.29, 0.717) is 26.1 Å². The summed E-state index contributed by atoms with van der Waals surface area (Å²) in [5.41, 5.74) is -0.844. The fourth-order valence-electron chi connectivity index (χ4n) is 3.56. The highest BCUT2D eigenvalue weighted by Crippen LogP contribution is 2.34. The molecule has 8 heteroatoms. The first kappa shape index (κ1) is 18.7. The number of nitrogens with zero attached hydrogens (tertiary/aromatic N) is 2. The predicted octanol–water partition coefficient (Wildman–Crippen LogP) is 2.96. The number of aromatic nitrogens is 1. The maximum absolute atomic E-state index is 13.9. The zero-order chi connectivity index (χ0) is 19.1. The molecule has 0 aliphatic carbocycles. The molecule has 2 aliphatic heterocycles. The van der Waals surface area contributed by atoms with Crippen LogP contribution in [0.1, 0.15) is 44.0 Å². The molecule has 2 fully saturated rings. The molecule has 1 amide bonds. The maximum Gasteiger partial charge on any atom is 0.410 e. The Balaban J connectivity index is 1.77. The zero-order valence-electron chi connectivity index (χ0n) is 15.0. The minimum Gasteiger partial charge on any atom is -0.444 e. The lowest BCUT2D eigenvalue weighted by molar-refractivity contribution is -0.0861. The van der Waals surface area contributed by atoms with Gasteiger partial charge in [-0.2, -0.15) is 13.8 Å². The van der Waals surface area contributed by atoms with E-state index in [1.54, 1.807) is 25.7 Å². The second kappa shape index (κ2) is 6.90. The molecule has 0 radical (unpaired) electrons. The molecule has 2 atom stereocenters. The van der Waals surface area contributed by atoms with Crippen LogP contribution in [0.15, 0.2) is 12.1 Å². The van der Waals surface area contributed by atoms with Gasteiger partial charge in [-0.15, -0.1) is 0 Å². The summed E-state index contributed by atoms with van der Waals surface area (Å²) in [6.45, 7) is 5.96. The molecule has 2 aliphatic rings. The molecule has 1 aromatic heterocycles. The summed E-state index contributed by atoms with van der Waals surface area (Å²) in [6.07, 6.45) is 0.243. The number of amides is 1. The Morgan fingerprint density at radius 1 is 1.19 bits per heavy atom. The van der Waals surface area contributed by atoms with E-state index in [1.165, 1.54) is 0 Å². The Kier molecular flexibility index (Phi) is 4.96. The number of hydrogen-bond acceptors (Lipinski definition) is 5. The van der Waals surface area contributed by atoms with Crippen molar-refractivity contribution in [2.24, 2.45) is 5.92 Å². The molecule has 2 bridgehead atoms. The van der Waals surface area contributed by atoms with E-state index in [0.717, 1.165) is 12.1 Å². The molecule has 1 aromatic rings. The van der Waals surface area contributed by atoms with Crippen LogP contribution in [-0.4, -0.2) is 52.7 Å². The highest BCUT2D eigenvalue weighted by molar-refractivity contribution is 5.98. The largest absolute Gasteiger partial charge is 0.444 e. The van der Waals surface area contributed by atoms with Crippen molar-refractivity contribution in [3.8, 4) is 0 Å². The summed E-state index contributed by atoms with van der Waals surface area (Å²) in [5, 5.41) is 0. The van der Waals surface area contributed by atoms with Gasteiger partial charge in [-0.3, -0.25) is 9.69 Å². The van der Waals surface area contributed by atoms with E-state index in [9.17, 15) is 18.4 Å². The van der Waals surface area contributed by atoms with Crippen LogP contribution in [0.5, 0.6) is 0 Å². The summed E-state index contributed by atoms with van der Waals surface area (Å²) in [4.78, 5) is 29.9. The van der Waals surface area contributed by atoms with E-state index < -0.39 is 35.3 Å². The maximum atomic E-state index is 13.9. The van der Waals surface area contributed by atoms with E-state index in [2.05, 4.69) is 4.98 Å². The molecule has 6 nitrogen and oxygen atoms in total. The Labute approximate surface area is 150 Å². The van der Waals surface area contributed by atoms with E-state index in [4.69, 9.17) is 9.47 Å². The van der Waals surface area contributed by atoms with Crippen LogP contribution in [0, 0.1) is 17.8 Å². The van der Waals surface area contributed by atoms with Crippen molar-refractivity contribution in [1.82, 2.24) is 9.88 Å². The van der Waals surface area contributed by atoms with E-state index in [-0.39, 0.29) is 17.6 Å². The highest BCUT2D eigenvalue weighted by Gasteiger charge is 2.45. The number of morpholine rings is 1. The number of carbonyl (C=O) groups is 2. The fourth-order valence-corrected chi connectivity index (χ4v) is 3.56. The first-order chi connectivity index (χ1) is 12.2. The van der Waals surface area contributed by atoms with Crippen molar-refractivity contribution in [3.05, 3.63) is 29.6 Å². The van der Waals surface area contributed by atoms with Gasteiger partial charge in [0.05, 0.1) is 30.9 Å². The topological polar surface area (TPSA) is 68.7 Å². The molecular weight excluding hydrogens is 346 g/mol. The number of hydrogen-bond donors (Lipinski definition) is 0. The number of piperidine rings is 1. The standard InChI is InChI=1S/C18H22F2N2O4/c1-18(2,3)26-17(24)22-11-6-10(7-12(22)9-25-8-11)15(23)13-4-5-14(19)21-16(13)20/h4-5,10-12H,6-9H2,1-3H3. The molecule has 0 spiro atoms. The molecule has 2 saturated heterocycles. The molecule has 0 saturated carbocycles. The second-order valence-electron chi connectivity index (χ2n) is 7.74. The average molecular weight is 368 g/mol. The Hall–Kier alpha value is -2.09. The molecule has 0 aromatic carbocycles. The lowest BCUT2D eigenvalue weighted by Crippen LogP contribution is -2.60. The minimum atomic E-state index is -1.11. The Bertz CT molecular complexity index is 706. The number of Topliss-reactive ketones (excluding diaryl/α,β-unsaturated/α-hetero) is 1. The SMILES string of the molecule is CC(C)(C)OC(=O)N1C2COCC1CC(C(=O)c1ccc(F)nc1F)C2. The number of pyridine rings is 1. The Morgan fingerprint density at radius 2 is 1.81 bits per heavy atom. The van der Waals surface area contributed by atoms with Gasteiger partial charge in [0.2, 0.25) is 11.9 Å². The van der Waals surface area contributed by atoms with Crippen molar-refractivity contribution >= 4 is 11.9 Å². The van der Waals surface area contributed by atoms with Crippen molar-refractivity contribution in [2.75, 3.05) is 13.2 Å². The molecule has 0 N–H and O–H groups in total. The quantitative estimate of drug-likeness (QED) is 0.593. The van der Waals surface area contributed by atoms with Crippen LogP contribution < -0.4 is 0 Å². The van der Waals surface area contributed by atoms with Gasteiger partial charge in [0.1, 0.15) is 5.60 Å². The van der Waals surface area contributed by atoms with Crippen molar-refractivity contribution in [2.45, 2.75) is 51.3 Å². The van der Waals surface area contributed by atoms with Gasteiger partial charge >= 0.3 is 6.09 Å². The zero-order valence-corrected chi connectivity index (χ0v) is 15.0. The average Bonchev–Trinajstić information content (AvgIpc) is 2.51. The van der Waals surface area contributed by atoms with Gasteiger partial charge in [-0.05, 0) is 45.7 Å². The first-order valence-corrected chi connectivity index (χ1v) is 8.61. The van der Waals surface area contributed by atoms with Crippen molar-refractivity contribution in [1.29, 1.82) is 0 Å². The van der Waals surface area contributed by atoms with Crippen LogP contribution in [0.25, 0.3) is 0 Å². The number of halogens is 2. The third kappa shape index (κ3) is 3.85. The molecule has 3 rings (SSSR count). The van der Waals surface area contributed by atoms with Crippen LogP contribution >= 0.6 is 0 Å². The van der Waals surface area contributed by atoms with Crippen LogP contribution in [0.4, 0.5) is 13.6 Å². The summed E-state index contributed by atoms with van der Waals surface area (Å²) in [7, 11) is 0. The van der Waals surface area contributed by atoms with Gasteiger partial charge in [-0.1, -0.05) is 0 Å². The number of rotatable bonds is 2. The third-order valence-corrected chi connectivity index (χ3v) is 4.58. The molecule has 26 heavy (non-hydrogen) atoms. The summed E-state index contributed by atoms with van der Waals surface area (Å²) >= 11 is 0. The number of ether oxygens (including phenoxy) is 2. The lowest BCUT2D eigenvalue weighted by atomic mass is 9.81. The predicted molar refractivity (Wildman–Crippen MR) is 87.7 cm³/mol. The molecule has 142 valence electrons. The number of carbonyl (C=O) groups excluding carboxylic acids is 2. The molecule has 2 unspecified atom stereocenters. The van der Waals surface area contributed by atoms with E-state index >= 15 is 0 Å². The Morgan fingerprint density at radius 3 is 2.35 bits per heavy atom. The normalized spacial score (nSPS) is 25.7. The van der Waals surface area contributed by atoms with E-state index in [1.807, 2.05) is 0 Å². The van der Waals surface area contributed by atoms with Crippen LogP contribution in [-0.2, 0) is 9.47 Å². The number of ketones is 1.